The van der Waals surface area contributed by atoms with Gasteiger partial charge in [-0.1, -0.05) is 20.3 Å². The third-order valence-electron chi connectivity index (χ3n) is 3.34. The summed E-state index contributed by atoms with van der Waals surface area (Å²) in [6.45, 7) is 3.67. The second-order valence-corrected chi connectivity index (χ2v) is 4.64. The van der Waals surface area contributed by atoms with Crippen LogP contribution in [0.4, 0.5) is 0 Å². The van der Waals surface area contributed by atoms with Crippen LogP contribution in [0.25, 0.3) is 5.52 Å². The molecule has 2 aromatic heterocycles. The van der Waals surface area contributed by atoms with E-state index >= 15 is 0 Å². The molecule has 2 aromatic rings. The van der Waals surface area contributed by atoms with Gasteiger partial charge in [0.05, 0.1) is 23.5 Å². The smallest absolute Gasteiger partial charge is 0.326 e. The van der Waals surface area contributed by atoms with E-state index < -0.39 is 17.9 Å². The van der Waals surface area contributed by atoms with Gasteiger partial charge in [-0.05, 0) is 5.92 Å². The lowest BCUT2D eigenvalue weighted by molar-refractivity contribution is -0.140. The summed E-state index contributed by atoms with van der Waals surface area (Å²) in [6, 6.07) is -0.917. The van der Waals surface area contributed by atoms with Gasteiger partial charge in [0.25, 0.3) is 5.91 Å². The number of hydrogen-bond donors (Lipinski definition) is 2. The zero-order valence-corrected chi connectivity index (χ0v) is 11.3. The maximum absolute atomic E-state index is 12.2. The fourth-order valence-corrected chi connectivity index (χ4v) is 1.91. The van der Waals surface area contributed by atoms with Gasteiger partial charge in [-0.15, -0.1) is 0 Å². The summed E-state index contributed by atoms with van der Waals surface area (Å²) in [6.07, 6.45) is 6.76. The minimum atomic E-state index is -1.04. The molecule has 20 heavy (non-hydrogen) atoms. The number of aliphatic carboxylic acids is 1. The van der Waals surface area contributed by atoms with Crippen LogP contribution >= 0.6 is 0 Å². The summed E-state index contributed by atoms with van der Waals surface area (Å²) < 4.78 is 1.51. The first-order valence-electron chi connectivity index (χ1n) is 6.35. The Hall–Kier alpha value is -2.44. The first-order chi connectivity index (χ1) is 9.54. The van der Waals surface area contributed by atoms with Crippen LogP contribution in [0.5, 0.6) is 0 Å². The van der Waals surface area contributed by atoms with Gasteiger partial charge in [-0.3, -0.25) is 9.78 Å². The summed E-state index contributed by atoms with van der Waals surface area (Å²) in [5.41, 5.74) is 0.853. The lowest BCUT2D eigenvalue weighted by atomic mass is 9.99. The van der Waals surface area contributed by atoms with Gasteiger partial charge < -0.3 is 10.4 Å². The van der Waals surface area contributed by atoms with Gasteiger partial charge in [0.15, 0.2) is 0 Å². The Morgan fingerprint density at radius 1 is 1.45 bits per heavy atom. The second kappa shape index (κ2) is 5.68. The zero-order valence-electron chi connectivity index (χ0n) is 11.3. The van der Waals surface area contributed by atoms with Crippen LogP contribution in [0, 0.1) is 5.92 Å². The number of carbonyl (C=O) groups excluding carboxylic acids is 1. The molecule has 7 nitrogen and oxygen atoms in total. The fourth-order valence-electron chi connectivity index (χ4n) is 1.91. The summed E-state index contributed by atoms with van der Waals surface area (Å²) in [5.74, 6) is -1.65. The van der Waals surface area contributed by atoms with Crippen LogP contribution in [-0.4, -0.2) is 37.6 Å². The third kappa shape index (κ3) is 2.61. The normalized spacial score (nSPS) is 13.9. The van der Waals surface area contributed by atoms with E-state index in [-0.39, 0.29) is 5.92 Å². The monoisotopic (exact) mass is 276 g/mol. The van der Waals surface area contributed by atoms with Gasteiger partial charge in [-0.2, -0.15) is 5.10 Å². The van der Waals surface area contributed by atoms with Gasteiger partial charge in [0.2, 0.25) is 0 Å². The largest absolute Gasteiger partial charge is 0.480 e. The highest BCUT2D eigenvalue weighted by atomic mass is 16.4. The molecule has 0 aliphatic heterocycles. The van der Waals surface area contributed by atoms with Gasteiger partial charge in [0.1, 0.15) is 6.04 Å². The predicted molar refractivity (Wildman–Crippen MR) is 71.3 cm³/mol. The van der Waals surface area contributed by atoms with Crippen molar-refractivity contribution in [1.29, 1.82) is 0 Å². The molecule has 0 aliphatic rings. The van der Waals surface area contributed by atoms with Crippen molar-refractivity contribution >= 4 is 17.4 Å². The molecule has 1 unspecified atom stereocenters. The van der Waals surface area contributed by atoms with E-state index in [0.717, 1.165) is 0 Å². The molecule has 106 valence electrons. The number of aromatic nitrogens is 3. The molecule has 0 spiro atoms. The van der Waals surface area contributed by atoms with Gasteiger partial charge >= 0.3 is 5.97 Å². The molecule has 2 heterocycles. The van der Waals surface area contributed by atoms with Gasteiger partial charge in [-0.25, -0.2) is 9.31 Å². The summed E-state index contributed by atoms with van der Waals surface area (Å²) >= 11 is 0. The van der Waals surface area contributed by atoms with Crippen LogP contribution in [-0.2, 0) is 4.79 Å². The average molecular weight is 276 g/mol. The molecular weight excluding hydrogens is 260 g/mol. The second-order valence-electron chi connectivity index (χ2n) is 4.64. The third-order valence-corrected chi connectivity index (χ3v) is 3.34. The lowest BCUT2D eigenvalue weighted by Crippen LogP contribution is -2.45. The summed E-state index contributed by atoms with van der Waals surface area (Å²) in [4.78, 5) is 27.4. The Kier molecular flexibility index (Phi) is 3.97. The summed E-state index contributed by atoms with van der Waals surface area (Å²) in [7, 11) is 0. The van der Waals surface area contributed by atoms with Crippen molar-refractivity contribution in [3.63, 3.8) is 0 Å². The maximum Gasteiger partial charge on any atom is 0.326 e. The van der Waals surface area contributed by atoms with Crippen molar-refractivity contribution < 1.29 is 14.7 Å². The number of nitrogens with one attached hydrogen (secondary N) is 1. The van der Waals surface area contributed by atoms with Crippen LogP contribution in [0.1, 0.15) is 30.6 Å². The lowest BCUT2D eigenvalue weighted by Gasteiger charge is -2.19. The number of carbonyl (C=O) groups is 2. The molecule has 2 atom stereocenters. The topological polar surface area (TPSA) is 96.6 Å². The number of carboxylic acids is 1. The number of carboxylic acid groups (broad SMARTS) is 1. The molecule has 0 bridgehead atoms. The highest BCUT2D eigenvalue weighted by molar-refractivity contribution is 6.02. The molecule has 0 aliphatic carbocycles. The van der Waals surface area contributed by atoms with E-state index in [1.165, 1.54) is 16.9 Å². The van der Waals surface area contributed by atoms with E-state index in [1.807, 2.05) is 6.92 Å². The Labute approximate surface area is 115 Å². The zero-order chi connectivity index (χ0) is 14.7. The first kappa shape index (κ1) is 14.0. The number of hydrogen-bond acceptors (Lipinski definition) is 4. The predicted octanol–water partition coefficient (Wildman–Crippen LogP) is 0.958. The fraction of sp³-hybridized carbons (Fsp3) is 0.385. The van der Waals surface area contributed by atoms with Crippen molar-refractivity contribution in [2.24, 2.45) is 5.92 Å². The minimum absolute atomic E-state index is 0.156. The first-order valence-corrected chi connectivity index (χ1v) is 6.35. The Bertz CT molecular complexity index is 637. The van der Waals surface area contributed by atoms with Crippen molar-refractivity contribution in [2.45, 2.75) is 26.3 Å². The number of amides is 1. The minimum Gasteiger partial charge on any atom is -0.480 e. The number of nitrogens with zero attached hydrogens (tertiary/aromatic N) is 3. The van der Waals surface area contributed by atoms with E-state index in [1.54, 1.807) is 19.3 Å². The number of rotatable bonds is 5. The number of fused-ring (bicyclic) bond motifs is 1. The molecule has 2 rings (SSSR count). The molecule has 0 fully saturated rings. The standard InChI is InChI=1S/C13H16N4O3/c1-3-8(2)11(13(19)20)16-12(18)9-6-15-17-5-4-14-7-10(9)17/h4-8,11H,3H2,1-2H3,(H,16,18)(H,19,20)/t8?,11-/m0/s1. The molecule has 0 saturated heterocycles. The van der Waals surface area contributed by atoms with Crippen molar-refractivity contribution in [3.05, 3.63) is 30.4 Å². The Morgan fingerprint density at radius 3 is 2.85 bits per heavy atom. The molecule has 0 saturated carbocycles. The van der Waals surface area contributed by atoms with E-state index in [4.69, 9.17) is 0 Å². The van der Waals surface area contributed by atoms with Gasteiger partial charge in [0, 0.05) is 12.4 Å². The molecule has 0 radical (unpaired) electrons. The average Bonchev–Trinajstić information content (AvgIpc) is 2.87. The highest BCUT2D eigenvalue weighted by Crippen LogP contribution is 2.12. The van der Waals surface area contributed by atoms with E-state index in [0.29, 0.717) is 17.5 Å². The molecule has 0 aromatic carbocycles. The van der Waals surface area contributed by atoms with Crippen molar-refractivity contribution in [3.8, 4) is 0 Å². The van der Waals surface area contributed by atoms with E-state index in [9.17, 15) is 14.7 Å². The van der Waals surface area contributed by atoms with Crippen LogP contribution in [0.3, 0.4) is 0 Å². The van der Waals surface area contributed by atoms with Crippen LogP contribution in [0.15, 0.2) is 24.8 Å². The van der Waals surface area contributed by atoms with E-state index in [2.05, 4.69) is 15.4 Å². The summed E-state index contributed by atoms with van der Waals surface area (Å²) in [5, 5.41) is 15.8. The molecular formula is C13H16N4O3. The Balaban J connectivity index is 2.25. The van der Waals surface area contributed by atoms with Crippen molar-refractivity contribution in [2.75, 3.05) is 0 Å². The van der Waals surface area contributed by atoms with Crippen molar-refractivity contribution in [1.82, 2.24) is 19.9 Å². The van der Waals surface area contributed by atoms with Crippen LogP contribution in [0.2, 0.25) is 0 Å². The molecule has 7 heteroatoms. The molecule has 2 N–H and O–H groups in total. The Morgan fingerprint density at radius 2 is 2.20 bits per heavy atom. The quantitative estimate of drug-likeness (QED) is 0.847. The van der Waals surface area contributed by atoms with Crippen LogP contribution < -0.4 is 5.32 Å². The SMILES string of the molecule is CCC(C)[C@H](NC(=O)c1cnn2ccncc12)C(=O)O. The maximum atomic E-state index is 12.2. The molecule has 1 amide bonds. The highest BCUT2D eigenvalue weighted by Gasteiger charge is 2.26.